The Kier molecular flexibility index (Phi) is 6.11. The first kappa shape index (κ1) is 8.99. The maximum Gasteiger partial charge on any atom is 0.0146 e. The summed E-state index contributed by atoms with van der Waals surface area (Å²) in [6.45, 7) is 6.29. The standard InChI is InChI=1S/C7H14ClN/c1-7(2)6-9-5-3-4-8/h3-4,7,9H,5-6H2,1-2H3. The van der Waals surface area contributed by atoms with Crippen LogP contribution >= 0.6 is 11.6 Å². The molecule has 0 aliphatic carbocycles. The van der Waals surface area contributed by atoms with E-state index in [0.717, 1.165) is 13.1 Å². The SMILES string of the molecule is CC(C)CNCC=CCl. The minimum Gasteiger partial charge on any atom is -0.313 e. The van der Waals surface area contributed by atoms with Gasteiger partial charge in [-0.1, -0.05) is 31.5 Å². The van der Waals surface area contributed by atoms with Gasteiger partial charge in [0.25, 0.3) is 0 Å². The maximum absolute atomic E-state index is 5.30. The molecule has 0 radical (unpaired) electrons. The van der Waals surface area contributed by atoms with Gasteiger partial charge in [0, 0.05) is 12.1 Å². The van der Waals surface area contributed by atoms with Crippen LogP contribution in [0.1, 0.15) is 13.8 Å². The topological polar surface area (TPSA) is 12.0 Å². The maximum atomic E-state index is 5.30. The second-order valence-corrected chi connectivity index (χ2v) is 2.67. The van der Waals surface area contributed by atoms with E-state index in [2.05, 4.69) is 19.2 Å². The molecule has 0 aromatic carbocycles. The van der Waals surface area contributed by atoms with Crippen molar-refractivity contribution in [2.75, 3.05) is 13.1 Å². The van der Waals surface area contributed by atoms with E-state index in [1.165, 1.54) is 5.54 Å². The average molecular weight is 148 g/mol. The van der Waals surface area contributed by atoms with Gasteiger partial charge in [-0.05, 0) is 12.5 Å². The first-order chi connectivity index (χ1) is 4.27. The minimum absolute atomic E-state index is 0.716. The van der Waals surface area contributed by atoms with Crippen molar-refractivity contribution in [3.8, 4) is 0 Å². The molecule has 0 aromatic heterocycles. The highest BCUT2D eigenvalue weighted by molar-refractivity contribution is 6.25. The van der Waals surface area contributed by atoms with Crippen LogP contribution in [0.5, 0.6) is 0 Å². The average Bonchev–Trinajstić information content (AvgIpc) is 1.80. The lowest BCUT2D eigenvalue weighted by Crippen LogP contribution is -2.19. The molecule has 0 atom stereocenters. The Morgan fingerprint density at radius 1 is 1.56 bits per heavy atom. The van der Waals surface area contributed by atoms with E-state index < -0.39 is 0 Å². The molecule has 2 heteroatoms. The van der Waals surface area contributed by atoms with Crippen LogP contribution < -0.4 is 5.32 Å². The summed E-state index contributed by atoms with van der Waals surface area (Å²) in [6.07, 6.45) is 1.89. The van der Waals surface area contributed by atoms with E-state index in [9.17, 15) is 0 Å². The zero-order valence-electron chi connectivity index (χ0n) is 6.02. The second-order valence-electron chi connectivity index (χ2n) is 2.41. The Labute approximate surface area is 62.1 Å². The van der Waals surface area contributed by atoms with E-state index in [0.29, 0.717) is 5.92 Å². The summed E-state index contributed by atoms with van der Waals surface area (Å²) in [5.41, 5.74) is 1.54. The van der Waals surface area contributed by atoms with Crippen molar-refractivity contribution in [1.82, 2.24) is 5.32 Å². The summed E-state index contributed by atoms with van der Waals surface area (Å²) in [7, 11) is 0. The van der Waals surface area contributed by atoms with Crippen molar-refractivity contribution < 1.29 is 0 Å². The third-order valence-corrected chi connectivity index (χ3v) is 1.08. The zero-order chi connectivity index (χ0) is 7.11. The van der Waals surface area contributed by atoms with Crippen molar-refractivity contribution in [3.63, 3.8) is 0 Å². The summed E-state index contributed by atoms with van der Waals surface area (Å²) >= 11 is 5.30. The first-order valence-corrected chi connectivity index (χ1v) is 3.67. The van der Waals surface area contributed by atoms with Gasteiger partial charge in [-0.3, -0.25) is 0 Å². The summed E-state index contributed by atoms with van der Waals surface area (Å²) in [5.74, 6) is 0.716. The quantitative estimate of drug-likeness (QED) is 0.600. The van der Waals surface area contributed by atoms with E-state index >= 15 is 0 Å². The molecule has 0 aromatic rings. The van der Waals surface area contributed by atoms with Gasteiger partial charge in [0.1, 0.15) is 0 Å². The Bertz CT molecular complexity index is 79.0. The molecule has 0 amide bonds. The molecule has 1 N–H and O–H groups in total. The van der Waals surface area contributed by atoms with Crippen molar-refractivity contribution in [2.45, 2.75) is 13.8 Å². The van der Waals surface area contributed by atoms with Gasteiger partial charge in [0.15, 0.2) is 0 Å². The van der Waals surface area contributed by atoms with Crippen LogP contribution in [0.3, 0.4) is 0 Å². The number of nitrogens with one attached hydrogen (secondary N) is 1. The third kappa shape index (κ3) is 7.99. The van der Waals surface area contributed by atoms with Crippen LogP contribution in [-0.4, -0.2) is 13.1 Å². The monoisotopic (exact) mass is 147 g/mol. The number of hydrogen-bond acceptors (Lipinski definition) is 1. The molecular weight excluding hydrogens is 134 g/mol. The zero-order valence-corrected chi connectivity index (χ0v) is 6.78. The van der Waals surface area contributed by atoms with Crippen LogP contribution in [-0.2, 0) is 0 Å². The van der Waals surface area contributed by atoms with Crippen molar-refractivity contribution >= 4 is 11.6 Å². The molecule has 0 aliphatic heterocycles. The van der Waals surface area contributed by atoms with Crippen molar-refractivity contribution in [2.24, 2.45) is 5.92 Å². The van der Waals surface area contributed by atoms with Crippen LogP contribution in [0.4, 0.5) is 0 Å². The van der Waals surface area contributed by atoms with Crippen LogP contribution in [0.15, 0.2) is 11.6 Å². The smallest absolute Gasteiger partial charge is 0.0146 e. The Hall–Kier alpha value is -0.0100. The summed E-state index contributed by atoms with van der Waals surface area (Å²) in [4.78, 5) is 0. The fourth-order valence-electron chi connectivity index (χ4n) is 0.500. The van der Waals surface area contributed by atoms with E-state index in [4.69, 9.17) is 11.6 Å². The summed E-state index contributed by atoms with van der Waals surface area (Å²) < 4.78 is 0. The van der Waals surface area contributed by atoms with E-state index in [-0.39, 0.29) is 0 Å². The van der Waals surface area contributed by atoms with Gasteiger partial charge in [-0.15, -0.1) is 0 Å². The van der Waals surface area contributed by atoms with Gasteiger partial charge < -0.3 is 5.32 Å². The number of halogens is 1. The normalized spacial score (nSPS) is 11.6. The molecule has 0 heterocycles. The van der Waals surface area contributed by atoms with Crippen LogP contribution in [0.2, 0.25) is 0 Å². The molecular formula is C7H14ClN. The highest BCUT2D eigenvalue weighted by Gasteiger charge is 1.88. The molecule has 9 heavy (non-hydrogen) atoms. The van der Waals surface area contributed by atoms with Gasteiger partial charge in [-0.2, -0.15) is 0 Å². The molecule has 54 valence electrons. The van der Waals surface area contributed by atoms with Gasteiger partial charge in [0.2, 0.25) is 0 Å². The van der Waals surface area contributed by atoms with E-state index in [1.807, 2.05) is 6.08 Å². The molecule has 0 spiro atoms. The van der Waals surface area contributed by atoms with Gasteiger partial charge in [-0.25, -0.2) is 0 Å². The molecule has 0 saturated heterocycles. The van der Waals surface area contributed by atoms with Crippen molar-refractivity contribution in [1.29, 1.82) is 0 Å². The Morgan fingerprint density at radius 3 is 2.67 bits per heavy atom. The Balaban J connectivity index is 2.91. The fourth-order valence-corrected chi connectivity index (χ4v) is 0.589. The highest BCUT2D eigenvalue weighted by atomic mass is 35.5. The predicted molar refractivity (Wildman–Crippen MR) is 42.7 cm³/mol. The van der Waals surface area contributed by atoms with Crippen LogP contribution in [0, 0.1) is 5.92 Å². The lowest BCUT2D eigenvalue weighted by molar-refractivity contribution is 0.577. The fraction of sp³-hybridized carbons (Fsp3) is 0.714. The molecule has 0 saturated carbocycles. The number of rotatable bonds is 4. The largest absolute Gasteiger partial charge is 0.313 e. The lowest BCUT2D eigenvalue weighted by atomic mass is 10.2. The third-order valence-electron chi connectivity index (χ3n) is 0.904. The number of hydrogen-bond donors (Lipinski definition) is 1. The molecule has 0 aliphatic rings. The molecule has 1 nitrogen and oxygen atoms in total. The predicted octanol–water partition coefficient (Wildman–Crippen LogP) is 1.98. The van der Waals surface area contributed by atoms with Crippen LogP contribution in [0.25, 0.3) is 0 Å². The Morgan fingerprint density at radius 2 is 2.22 bits per heavy atom. The molecule has 0 bridgehead atoms. The highest BCUT2D eigenvalue weighted by Crippen LogP contribution is 1.86. The molecule has 0 fully saturated rings. The summed E-state index contributed by atoms with van der Waals surface area (Å²) in [6, 6.07) is 0. The van der Waals surface area contributed by atoms with Crippen molar-refractivity contribution in [3.05, 3.63) is 11.6 Å². The first-order valence-electron chi connectivity index (χ1n) is 3.23. The van der Waals surface area contributed by atoms with Gasteiger partial charge in [0.05, 0.1) is 0 Å². The van der Waals surface area contributed by atoms with Gasteiger partial charge >= 0.3 is 0 Å². The summed E-state index contributed by atoms with van der Waals surface area (Å²) in [5, 5.41) is 3.21. The minimum atomic E-state index is 0.716. The second kappa shape index (κ2) is 6.12. The molecule has 0 unspecified atom stereocenters. The molecule has 0 rings (SSSR count). The lowest BCUT2D eigenvalue weighted by Gasteiger charge is -2.02. The van der Waals surface area contributed by atoms with E-state index in [1.54, 1.807) is 0 Å².